The topological polar surface area (TPSA) is 78.9 Å². The fourth-order valence-corrected chi connectivity index (χ4v) is 1.40. The maximum Gasteiger partial charge on any atom is 0.418 e. The fourth-order valence-electron chi connectivity index (χ4n) is 1.40. The van der Waals surface area contributed by atoms with Crippen LogP contribution in [0.1, 0.15) is 17.5 Å². The summed E-state index contributed by atoms with van der Waals surface area (Å²) in [4.78, 5) is 11.6. The molecule has 0 bridgehead atoms. The summed E-state index contributed by atoms with van der Waals surface area (Å²) < 4.78 is 38.5. The highest BCUT2D eigenvalue weighted by molar-refractivity contribution is 5.95. The average molecular weight is 281 g/mol. The van der Waals surface area contributed by atoms with Crippen LogP contribution in [0.3, 0.4) is 0 Å². The van der Waals surface area contributed by atoms with E-state index in [4.69, 9.17) is 17.4 Å². The molecule has 104 valence electrons. The van der Waals surface area contributed by atoms with Gasteiger partial charge in [-0.2, -0.15) is 18.4 Å². The summed E-state index contributed by atoms with van der Waals surface area (Å²) in [6, 6.07) is 3.32. The number of carbonyl (C=O) groups excluding carboxylic acids is 1. The molecule has 0 aliphatic heterocycles. The minimum atomic E-state index is -4.70. The molecule has 0 aromatic heterocycles. The van der Waals surface area contributed by atoms with Gasteiger partial charge in [-0.3, -0.25) is 4.79 Å². The number of carbonyl (C=O) groups is 1. The SMILES string of the molecule is C#CCC(N)C(=O)Nc1ccc(C#N)cc1C(F)(F)F. The summed E-state index contributed by atoms with van der Waals surface area (Å²) in [5, 5.41) is 10.7. The number of rotatable bonds is 3. The summed E-state index contributed by atoms with van der Waals surface area (Å²) >= 11 is 0. The molecule has 4 nitrogen and oxygen atoms in total. The van der Waals surface area contributed by atoms with Crippen molar-refractivity contribution in [3.63, 3.8) is 0 Å². The average Bonchev–Trinajstić information content (AvgIpc) is 2.38. The summed E-state index contributed by atoms with van der Waals surface area (Å²) in [6.45, 7) is 0. The van der Waals surface area contributed by atoms with Crippen molar-refractivity contribution in [2.45, 2.75) is 18.6 Å². The smallest absolute Gasteiger partial charge is 0.324 e. The highest BCUT2D eigenvalue weighted by Gasteiger charge is 2.34. The summed E-state index contributed by atoms with van der Waals surface area (Å²) in [5.41, 5.74) is 3.66. The second-order valence-corrected chi connectivity index (χ2v) is 3.87. The summed E-state index contributed by atoms with van der Waals surface area (Å²) in [7, 11) is 0. The number of amides is 1. The lowest BCUT2D eigenvalue weighted by atomic mass is 10.1. The predicted octanol–water partition coefficient (Wildman–Crippen LogP) is 1.87. The molecule has 0 saturated heterocycles. The lowest BCUT2D eigenvalue weighted by Gasteiger charge is -2.15. The van der Waals surface area contributed by atoms with Gasteiger partial charge < -0.3 is 11.1 Å². The highest BCUT2D eigenvalue weighted by Crippen LogP contribution is 2.35. The van der Waals surface area contributed by atoms with Gasteiger partial charge in [0.1, 0.15) is 0 Å². The first kappa shape index (κ1) is 15.5. The van der Waals surface area contributed by atoms with E-state index in [2.05, 4.69) is 11.2 Å². The van der Waals surface area contributed by atoms with Crippen molar-refractivity contribution in [3.05, 3.63) is 29.3 Å². The molecule has 1 aromatic carbocycles. The van der Waals surface area contributed by atoms with Crippen LogP contribution in [0.5, 0.6) is 0 Å². The van der Waals surface area contributed by atoms with Crippen molar-refractivity contribution in [1.82, 2.24) is 0 Å². The number of nitrogens with one attached hydrogen (secondary N) is 1. The molecule has 1 atom stereocenters. The van der Waals surface area contributed by atoms with Crippen molar-refractivity contribution in [2.24, 2.45) is 5.73 Å². The van der Waals surface area contributed by atoms with Gasteiger partial charge in [-0.25, -0.2) is 0 Å². The largest absolute Gasteiger partial charge is 0.418 e. The molecule has 1 aromatic rings. The molecule has 0 aliphatic carbocycles. The van der Waals surface area contributed by atoms with Crippen molar-refractivity contribution in [3.8, 4) is 18.4 Å². The van der Waals surface area contributed by atoms with Crippen molar-refractivity contribution < 1.29 is 18.0 Å². The van der Waals surface area contributed by atoms with Gasteiger partial charge in [0.05, 0.1) is 28.9 Å². The summed E-state index contributed by atoms with van der Waals surface area (Å²) in [5.74, 6) is 1.32. The molecule has 20 heavy (non-hydrogen) atoms. The Morgan fingerprint density at radius 1 is 1.50 bits per heavy atom. The second kappa shape index (κ2) is 6.09. The van der Waals surface area contributed by atoms with Gasteiger partial charge in [-0.05, 0) is 18.2 Å². The minimum Gasteiger partial charge on any atom is -0.324 e. The number of nitriles is 1. The number of nitrogens with zero attached hydrogens (tertiary/aromatic N) is 1. The van der Waals surface area contributed by atoms with E-state index in [1.807, 2.05) is 0 Å². The van der Waals surface area contributed by atoms with Gasteiger partial charge in [0.2, 0.25) is 5.91 Å². The molecule has 0 radical (unpaired) electrons. The quantitative estimate of drug-likeness (QED) is 0.830. The van der Waals surface area contributed by atoms with E-state index in [-0.39, 0.29) is 12.0 Å². The standard InChI is InChI=1S/C13H10F3N3O/c1-2-3-10(18)12(20)19-11-5-4-8(7-17)6-9(11)13(14,15)16/h1,4-6,10H,3,18H2,(H,19,20). The number of terminal acetylenes is 1. The van der Waals surface area contributed by atoms with Crippen LogP contribution in [-0.4, -0.2) is 11.9 Å². The number of nitrogens with two attached hydrogens (primary N) is 1. The first-order valence-corrected chi connectivity index (χ1v) is 5.41. The Kier molecular flexibility index (Phi) is 4.73. The van der Waals surface area contributed by atoms with Crippen molar-refractivity contribution in [2.75, 3.05) is 5.32 Å². The molecular weight excluding hydrogens is 271 g/mol. The van der Waals surface area contributed by atoms with E-state index in [0.717, 1.165) is 12.1 Å². The number of hydrogen-bond acceptors (Lipinski definition) is 3. The van der Waals surface area contributed by atoms with Gasteiger partial charge in [0.15, 0.2) is 0 Å². The number of hydrogen-bond donors (Lipinski definition) is 2. The molecule has 3 N–H and O–H groups in total. The number of anilines is 1. The van der Waals surface area contributed by atoms with Crippen LogP contribution in [0.4, 0.5) is 18.9 Å². The zero-order valence-corrected chi connectivity index (χ0v) is 10.2. The molecule has 1 amide bonds. The zero-order valence-electron chi connectivity index (χ0n) is 10.2. The first-order chi connectivity index (χ1) is 9.29. The minimum absolute atomic E-state index is 0.0938. The lowest BCUT2D eigenvalue weighted by Crippen LogP contribution is -2.35. The van der Waals surface area contributed by atoms with Crippen molar-refractivity contribution >= 4 is 11.6 Å². The lowest BCUT2D eigenvalue weighted by molar-refractivity contribution is -0.137. The molecule has 1 unspecified atom stereocenters. The monoisotopic (exact) mass is 281 g/mol. The van der Waals surface area contributed by atoms with E-state index in [0.29, 0.717) is 6.07 Å². The second-order valence-electron chi connectivity index (χ2n) is 3.87. The van der Waals surface area contributed by atoms with E-state index >= 15 is 0 Å². The van der Waals surface area contributed by atoms with Crippen LogP contribution >= 0.6 is 0 Å². The van der Waals surface area contributed by atoms with Gasteiger partial charge in [-0.15, -0.1) is 12.3 Å². The third-order valence-corrected chi connectivity index (χ3v) is 2.39. The van der Waals surface area contributed by atoms with Gasteiger partial charge >= 0.3 is 6.18 Å². The van der Waals surface area contributed by atoms with E-state index in [1.54, 1.807) is 6.07 Å². The van der Waals surface area contributed by atoms with E-state index in [1.165, 1.54) is 0 Å². The van der Waals surface area contributed by atoms with Crippen molar-refractivity contribution in [1.29, 1.82) is 5.26 Å². The third kappa shape index (κ3) is 3.74. The fraction of sp³-hybridized carbons (Fsp3) is 0.231. The molecule has 0 saturated carbocycles. The molecule has 0 fully saturated rings. The Hall–Kier alpha value is -2.51. The van der Waals surface area contributed by atoms with Gasteiger partial charge in [0.25, 0.3) is 0 Å². The molecule has 1 rings (SSSR count). The van der Waals surface area contributed by atoms with Crippen LogP contribution in [0, 0.1) is 23.7 Å². The Balaban J connectivity index is 3.11. The van der Waals surface area contributed by atoms with E-state index < -0.39 is 29.4 Å². The Labute approximate surface area is 113 Å². The van der Waals surface area contributed by atoms with Gasteiger partial charge in [-0.1, -0.05) is 0 Å². The normalized spacial score (nSPS) is 12.1. The number of benzene rings is 1. The predicted molar refractivity (Wildman–Crippen MR) is 66.2 cm³/mol. The Morgan fingerprint density at radius 3 is 2.65 bits per heavy atom. The van der Waals surface area contributed by atoms with Crippen LogP contribution in [0.15, 0.2) is 18.2 Å². The van der Waals surface area contributed by atoms with Crippen LogP contribution in [0.25, 0.3) is 0 Å². The molecule has 0 heterocycles. The summed E-state index contributed by atoms with van der Waals surface area (Å²) in [6.07, 6.45) is 0.175. The van der Waals surface area contributed by atoms with Crippen LogP contribution < -0.4 is 11.1 Å². The third-order valence-electron chi connectivity index (χ3n) is 2.39. The van der Waals surface area contributed by atoms with Gasteiger partial charge in [0, 0.05) is 6.42 Å². The van der Waals surface area contributed by atoms with E-state index in [9.17, 15) is 18.0 Å². The molecule has 7 heteroatoms. The maximum atomic E-state index is 12.8. The first-order valence-electron chi connectivity index (χ1n) is 5.41. The highest BCUT2D eigenvalue weighted by atomic mass is 19.4. The van der Waals surface area contributed by atoms with Crippen LogP contribution in [-0.2, 0) is 11.0 Å². The number of halogens is 3. The molecular formula is C13H10F3N3O. The molecule has 0 aliphatic rings. The Morgan fingerprint density at radius 2 is 2.15 bits per heavy atom. The Bertz CT molecular complexity index is 596. The van der Waals surface area contributed by atoms with Crippen LogP contribution in [0.2, 0.25) is 0 Å². The number of alkyl halides is 3. The maximum absolute atomic E-state index is 12.8. The zero-order chi connectivity index (χ0) is 15.3. The molecule has 0 spiro atoms.